The molecule has 0 saturated carbocycles. The summed E-state index contributed by atoms with van der Waals surface area (Å²) in [6.07, 6.45) is 1.56. The molecular weight excluding hydrogens is 403 g/mol. The Morgan fingerprint density at radius 3 is 2.59 bits per heavy atom. The van der Waals surface area contributed by atoms with Crippen LogP contribution in [0.1, 0.15) is 5.56 Å². The van der Waals surface area contributed by atoms with Crippen molar-refractivity contribution in [3.63, 3.8) is 0 Å². The predicted molar refractivity (Wildman–Crippen MR) is 111 cm³/mol. The van der Waals surface area contributed by atoms with E-state index in [1.807, 2.05) is 36.4 Å². The molecule has 2 aromatic carbocycles. The maximum absolute atomic E-state index is 12.9. The SMILES string of the molecule is COc1ccc(-c2cc3ncn(Cc4ccc(Cl)cc4Cl)c(=O)c3s2)cc1. The molecule has 0 aliphatic heterocycles. The molecule has 136 valence electrons. The molecule has 0 atom stereocenters. The Morgan fingerprint density at radius 2 is 1.89 bits per heavy atom. The molecule has 0 bridgehead atoms. The topological polar surface area (TPSA) is 44.1 Å². The fourth-order valence-electron chi connectivity index (χ4n) is 2.79. The van der Waals surface area contributed by atoms with Crippen LogP contribution in [0.4, 0.5) is 0 Å². The highest BCUT2D eigenvalue weighted by Gasteiger charge is 2.12. The fraction of sp³-hybridized carbons (Fsp3) is 0.100. The lowest BCUT2D eigenvalue weighted by Crippen LogP contribution is -2.20. The molecule has 7 heteroatoms. The number of nitrogens with zero attached hydrogens (tertiary/aromatic N) is 2. The van der Waals surface area contributed by atoms with Crippen LogP contribution in [0.3, 0.4) is 0 Å². The summed E-state index contributed by atoms with van der Waals surface area (Å²) in [7, 11) is 1.63. The predicted octanol–water partition coefficient (Wildman–Crippen LogP) is 5.49. The van der Waals surface area contributed by atoms with Crippen LogP contribution in [0.5, 0.6) is 5.75 Å². The van der Waals surface area contributed by atoms with Gasteiger partial charge in [-0.15, -0.1) is 11.3 Å². The first-order valence-corrected chi connectivity index (χ1v) is 9.70. The van der Waals surface area contributed by atoms with Crippen LogP contribution < -0.4 is 10.3 Å². The average molecular weight is 417 g/mol. The minimum absolute atomic E-state index is 0.0872. The smallest absolute Gasteiger partial charge is 0.271 e. The Morgan fingerprint density at radius 1 is 1.11 bits per heavy atom. The van der Waals surface area contributed by atoms with Crippen molar-refractivity contribution in [1.29, 1.82) is 0 Å². The second-order valence-corrected chi connectivity index (χ2v) is 7.86. The summed E-state index contributed by atoms with van der Waals surface area (Å²) in [5.41, 5.74) is 2.44. The second kappa shape index (κ2) is 7.35. The van der Waals surface area contributed by atoms with Gasteiger partial charge < -0.3 is 4.74 Å². The molecule has 0 radical (unpaired) electrons. The molecule has 0 aliphatic carbocycles. The third-order valence-electron chi connectivity index (χ3n) is 4.23. The Balaban J connectivity index is 1.72. The number of benzene rings is 2. The van der Waals surface area contributed by atoms with E-state index in [4.69, 9.17) is 27.9 Å². The zero-order valence-electron chi connectivity index (χ0n) is 14.3. The van der Waals surface area contributed by atoms with Crippen molar-refractivity contribution in [2.45, 2.75) is 6.54 Å². The van der Waals surface area contributed by atoms with Gasteiger partial charge in [0.2, 0.25) is 0 Å². The zero-order chi connectivity index (χ0) is 19.0. The van der Waals surface area contributed by atoms with Crippen molar-refractivity contribution < 1.29 is 4.74 Å². The molecule has 2 heterocycles. The highest BCUT2D eigenvalue weighted by Crippen LogP contribution is 2.32. The molecular formula is C20H14Cl2N2O2S. The molecule has 0 N–H and O–H groups in total. The quantitative estimate of drug-likeness (QED) is 0.441. The Labute approximate surface area is 169 Å². The van der Waals surface area contributed by atoms with Gasteiger partial charge in [0.05, 0.1) is 25.5 Å². The summed E-state index contributed by atoms with van der Waals surface area (Å²) in [5, 5.41) is 1.09. The van der Waals surface area contributed by atoms with Gasteiger partial charge >= 0.3 is 0 Å². The van der Waals surface area contributed by atoms with Crippen LogP contribution in [0.25, 0.3) is 20.7 Å². The summed E-state index contributed by atoms with van der Waals surface area (Å²) in [6.45, 7) is 0.341. The molecule has 0 spiro atoms. The number of thiophene rings is 1. The van der Waals surface area contributed by atoms with Gasteiger partial charge in [-0.25, -0.2) is 4.98 Å². The van der Waals surface area contributed by atoms with Crippen LogP contribution in [-0.4, -0.2) is 16.7 Å². The van der Waals surface area contributed by atoms with Crippen molar-refractivity contribution in [2.24, 2.45) is 0 Å². The third-order valence-corrected chi connectivity index (χ3v) is 5.98. The molecule has 4 aromatic rings. The lowest BCUT2D eigenvalue weighted by atomic mass is 10.2. The van der Waals surface area contributed by atoms with Crippen LogP contribution in [0.2, 0.25) is 10.0 Å². The maximum Gasteiger partial charge on any atom is 0.271 e. The summed E-state index contributed by atoms with van der Waals surface area (Å²) >= 11 is 13.6. The Bertz CT molecular complexity index is 1180. The van der Waals surface area contributed by atoms with Gasteiger partial charge in [0.1, 0.15) is 10.4 Å². The van der Waals surface area contributed by atoms with Crippen molar-refractivity contribution >= 4 is 44.8 Å². The van der Waals surface area contributed by atoms with Crippen LogP contribution in [0.15, 0.2) is 59.7 Å². The highest BCUT2D eigenvalue weighted by molar-refractivity contribution is 7.22. The van der Waals surface area contributed by atoms with Gasteiger partial charge in [0, 0.05) is 14.9 Å². The first-order valence-electron chi connectivity index (χ1n) is 8.12. The first-order chi connectivity index (χ1) is 13.0. The molecule has 0 saturated heterocycles. The number of hydrogen-bond donors (Lipinski definition) is 0. The number of fused-ring (bicyclic) bond motifs is 1. The van der Waals surface area contributed by atoms with E-state index < -0.39 is 0 Å². The van der Waals surface area contributed by atoms with E-state index >= 15 is 0 Å². The number of methoxy groups -OCH3 is 1. The summed E-state index contributed by atoms with van der Waals surface area (Å²) in [6, 6.07) is 14.9. The van der Waals surface area contributed by atoms with Gasteiger partial charge in [-0.3, -0.25) is 9.36 Å². The van der Waals surface area contributed by atoms with Crippen LogP contribution >= 0.6 is 34.5 Å². The van der Waals surface area contributed by atoms with E-state index in [1.54, 1.807) is 30.1 Å². The van der Waals surface area contributed by atoms with Gasteiger partial charge in [-0.2, -0.15) is 0 Å². The molecule has 0 amide bonds. The minimum atomic E-state index is -0.0872. The van der Waals surface area contributed by atoms with Crippen molar-refractivity contribution in [3.8, 4) is 16.2 Å². The number of ether oxygens (including phenoxy) is 1. The molecule has 4 nitrogen and oxygen atoms in total. The van der Waals surface area contributed by atoms with Gasteiger partial charge in [-0.1, -0.05) is 29.3 Å². The molecule has 0 unspecified atom stereocenters. The molecule has 4 rings (SSSR count). The van der Waals surface area contributed by atoms with E-state index in [1.165, 1.54) is 11.3 Å². The monoisotopic (exact) mass is 416 g/mol. The zero-order valence-corrected chi connectivity index (χ0v) is 16.6. The van der Waals surface area contributed by atoms with Crippen molar-refractivity contribution in [2.75, 3.05) is 7.11 Å². The van der Waals surface area contributed by atoms with Gasteiger partial charge in [0.25, 0.3) is 5.56 Å². The number of halogens is 2. The lowest BCUT2D eigenvalue weighted by Gasteiger charge is -2.07. The van der Waals surface area contributed by atoms with Crippen LogP contribution in [-0.2, 0) is 6.54 Å². The van der Waals surface area contributed by atoms with Gasteiger partial charge in [-0.05, 0) is 53.6 Å². The number of rotatable bonds is 4. The Hall–Kier alpha value is -2.34. The van der Waals surface area contributed by atoms with Crippen molar-refractivity contribution in [3.05, 3.63) is 80.8 Å². The molecule has 27 heavy (non-hydrogen) atoms. The largest absolute Gasteiger partial charge is 0.497 e. The summed E-state index contributed by atoms with van der Waals surface area (Å²) < 4.78 is 7.37. The van der Waals surface area contributed by atoms with E-state index in [2.05, 4.69) is 4.98 Å². The molecule has 2 aromatic heterocycles. The van der Waals surface area contributed by atoms with Gasteiger partial charge in [0.15, 0.2) is 0 Å². The van der Waals surface area contributed by atoms with E-state index in [0.29, 0.717) is 26.8 Å². The first kappa shape index (κ1) is 18.0. The maximum atomic E-state index is 12.9. The molecule has 0 fully saturated rings. The minimum Gasteiger partial charge on any atom is -0.497 e. The Kier molecular flexibility index (Phi) is 4.91. The van der Waals surface area contributed by atoms with E-state index in [9.17, 15) is 4.79 Å². The number of hydrogen-bond acceptors (Lipinski definition) is 4. The third kappa shape index (κ3) is 3.58. The number of aromatic nitrogens is 2. The standard InChI is InChI=1S/C20H14Cl2N2O2S/c1-26-15-6-3-12(4-7-15)18-9-17-19(27-18)20(25)24(11-23-17)10-13-2-5-14(21)8-16(13)22/h2-9,11H,10H2,1H3. The highest BCUT2D eigenvalue weighted by atomic mass is 35.5. The normalized spacial score (nSPS) is 11.1. The van der Waals surface area contributed by atoms with E-state index in [0.717, 1.165) is 21.8 Å². The summed E-state index contributed by atoms with van der Waals surface area (Å²) in [5.74, 6) is 0.792. The summed E-state index contributed by atoms with van der Waals surface area (Å²) in [4.78, 5) is 18.3. The lowest BCUT2D eigenvalue weighted by molar-refractivity contribution is 0.415. The molecule has 0 aliphatic rings. The van der Waals surface area contributed by atoms with Crippen molar-refractivity contribution in [1.82, 2.24) is 9.55 Å². The second-order valence-electron chi connectivity index (χ2n) is 5.97. The fourth-order valence-corrected chi connectivity index (χ4v) is 4.32. The van der Waals surface area contributed by atoms with Crippen LogP contribution in [0, 0.1) is 0 Å². The van der Waals surface area contributed by atoms with E-state index in [-0.39, 0.29) is 5.56 Å². The average Bonchev–Trinajstić information content (AvgIpc) is 3.11.